The molecule has 0 saturated heterocycles. The SMILES string of the molecule is Cc1ccc(OCC(C)NCC(=O)NC(N)=O)cc1. The summed E-state index contributed by atoms with van der Waals surface area (Å²) in [4.78, 5) is 21.6. The van der Waals surface area contributed by atoms with Crippen LogP contribution in [0.3, 0.4) is 0 Å². The highest BCUT2D eigenvalue weighted by Crippen LogP contribution is 2.11. The number of amides is 3. The number of ether oxygens (including phenoxy) is 1. The van der Waals surface area contributed by atoms with Crippen molar-refractivity contribution in [2.45, 2.75) is 19.9 Å². The molecule has 0 aromatic heterocycles. The van der Waals surface area contributed by atoms with Crippen molar-refractivity contribution in [3.8, 4) is 5.75 Å². The number of benzene rings is 1. The van der Waals surface area contributed by atoms with E-state index in [0.29, 0.717) is 6.61 Å². The second-order valence-corrected chi connectivity index (χ2v) is 4.32. The van der Waals surface area contributed by atoms with Gasteiger partial charge < -0.3 is 15.8 Å². The van der Waals surface area contributed by atoms with Crippen LogP contribution in [0.5, 0.6) is 5.75 Å². The van der Waals surface area contributed by atoms with Crippen LogP contribution in [0.4, 0.5) is 4.79 Å². The van der Waals surface area contributed by atoms with Gasteiger partial charge in [0.15, 0.2) is 0 Å². The van der Waals surface area contributed by atoms with Gasteiger partial charge in [-0.15, -0.1) is 0 Å². The van der Waals surface area contributed by atoms with E-state index in [2.05, 4.69) is 5.32 Å². The molecule has 0 radical (unpaired) electrons. The molecule has 0 saturated carbocycles. The number of nitrogens with one attached hydrogen (secondary N) is 2. The van der Waals surface area contributed by atoms with Gasteiger partial charge in [0.1, 0.15) is 12.4 Å². The minimum absolute atomic E-state index is 0.0152. The Morgan fingerprint density at radius 3 is 2.53 bits per heavy atom. The summed E-state index contributed by atoms with van der Waals surface area (Å²) in [6.45, 7) is 4.32. The van der Waals surface area contributed by atoms with E-state index in [-0.39, 0.29) is 12.6 Å². The number of hydrogen-bond acceptors (Lipinski definition) is 4. The van der Waals surface area contributed by atoms with E-state index in [4.69, 9.17) is 10.5 Å². The zero-order valence-corrected chi connectivity index (χ0v) is 11.1. The summed E-state index contributed by atoms with van der Waals surface area (Å²) in [7, 11) is 0. The maximum absolute atomic E-state index is 11.2. The van der Waals surface area contributed by atoms with Crippen molar-refractivity contribution in [2.75, 3.05) is 13.2 Å². The third kappa shape index (κ3) is 6.42. The van der Waals surface area contributed by atoms with Gasteiger partial charge in [0.25, 0.3) is 0 Å². The molecule has 1 aromatic rings. The summed E-state index contributed by atoms with van der Waals surface area (Å²) >= 11 is 0. The molecule has 0 aliphatic carbocycles. The van der Waals surface area contributed by atoms with E-state index >= 15 is 0 Å². The number of rotatable bonds is 6. The van der Waals surface area contributed by atoms with Crippen molar-refractivity contribution in [2.24, 2.45) is 5.73 Å². The largest absolute Gasteiger partial charge is 0.492 e. The summed E-state index contributed by atoms with van der Waals surface area (Å²) in [5.41, 5.74) is 5.99. The lowest BCUT2D eigenvalue weighted by molar-refractivity contribution is -0.119. The molecule has 1 atom stereocenters. The molecule has 19 heavy (non-hydrogen) atoms. The van der Waals surface area contributed by atoms with Gasteiger partial charge in [-0.3, -0.25) is 10.1 Å². The highest BCUT2D eigenvalue weighted by molar-refractivity contribution is 5.94. The van der Waals surface area contributed by atoms with Gasteiger partial charge in [-0.1, -0.05) is 17.7 Å². The minimum Gasteiger partial charge on any atom is -0.492 e. The second-order valence-electron chi connectivity index (χ2n) is 4.32. The van der Waals surface area contributed by atoms with E-state index in [9.17, 15) is 9.59 Å². The van der Waals surface area contributed by atoms with Crippen LogP contribution in [0.25, 0.3) is 0 Å². The predicted molar refractivity (Wildman–Crippen MR) is 71.9 cm³/mol. The zero-order valence-electron chi connectivity index (χ0n) is 11.1. The normalized spacial score (nSPS) is 11.7. The van der Waals surface area contributed by atoms with E-state index in [1.807, 2.05) is 43.4 Å². The first-order chi connectivity index (χ1) is 8.97. The number of urea groups is 1. The molecular formula is C13H19N3O3. The summed E-state index contributed by atoms with van der Waals surface area (Å²) in [5.74, 6) is 0.315. The second kappa shape index (κ2) is 7.38. The summed E-state index contributed by atoms with van der Waals surface area (Å²) in [6, 6.07) is 6.83. The van der Waals surface area contributed by atoms with Gasteiger partial charge in [0.05, 0.1) is 6.54 Å². The topological polar surface area (TPSA) is 93.4 Å². The zero-order chi connectivity index (χ0) is 14.3. The molecule has 3 amide bonds. The molecule has 0 aliphatic rings. The third-order valence-electron chi connectivity index (χ3n) is 2.39. The first-order valence-electron chi connectivity index (χ1n) is 5.99. The molecular weight excluding hydrogens is 246 g/mol. The molecule has 1 rings (SSSR count). The molecule has 104 valence electrons. The van der Waals surface area contributed by atoms with Gasteiger partial charge in [-0.25, -0.2) is 4.79 Å². The number of aryl methyl sites for hydroxylation is 1. The average Bonchev–Trinajstić information content (AvgIpc) is 2.35. The van der Waals surface area contributed by atoms with Crippen molar-refractivity contribution >= 4 is 11.9 Å². The van der Waals surface area contributed by atoms with Crippen LogP contribution < -0.4 is 21.1 Å². The maximum atomic E-state index is 11.2. The summed E-state index contributed by atoms with van der Waals surface area (Å²) in [5, 5.41) is 4.90. The van der Waals surface area contributed by atoms with Crippen LogP contribution in [-0.2, 0) is 4.79 Å². The smallest absolute Gasteiger partial charge is 0.318 e. The lowest BCUT2D eigenvalue weighted by Crippen LogP contribution is -2.44. The molecule has 0 heterocycles. The van der Waals surface area contributed by atoms with E-state index < -0.39 is 11.9 Å². The van der Waals surface area contributed by atoms with Crippen LogP contribution >= 0.6 is 0 Å². The quantitative estimate of drug-likeness (QED) is 0.700. The Balaban J connectivity index is 2.24. The Bertz CT molecular complexity index is 431. The van der Waals surface area contributed by atoms with Crippen LogP contribution in [-0.4, -0.2) is 31.1 Å². The number of primary amides is 1. The van der Waals surface area contributed by atoms with Crippen molar-refractivity contribution in [3.63, 3.8) is 0 Å². The fourth-order valence-corrected chi connectivity index (χ4v) is 1.36. The Hall–Kier alpha value is -2.08. The number of imide groups is 1. The summed E-state index contributed by atoms with van der Waals surface area (Å²) < 4.78 is 5.55. The highest BCUT2D eigenvalue weighted by Gasteiger charge is 2.07. The molecule has 1 unspecified atom stereocenters. The number of hydrogen-bond donors (Lipinski definition) is 3. The molecule has 0 bridgehead atoms. The molecule has 6 nitrogen and oxygen atoms in total. The van der Waals surface area contributed by atoms with Crippen LogP contribution in [0.2, 0.25) is 0 Å². The molecule has 6 heteroatoms. The first-order valence-corrected chi connectivity index (χ1v) is 5.99. The van der Waals surface area contributed by atoms with Gasteiger partial charge >= 0.3 is 6.03 Å². The van der Waals surface area contributed by atoms with Crippen molar-refractivity contribution in [1.82, 2.24) is 10.6 Å². The van der Waals surface area contributed by atoms with E-state index in [0.717, 1.165) is 5.75 Å². The maximum Gasteiger partial charge on any atom is 0.318 e. The van der Waals surface area contributed by atoms with Gasteiger partial charge in [-0.2, -0.15) is 0 Å². The standard InChI is InChI=1S/C13H19N3O3/c1-9-3-5-11(6-4-9)19-8-10(2)15-7-12(17)16-13(14)18/h3-6,10,15H,7-8H2,1-2H3,(H3,14,16,17,18). The monoisotopic (exact) mass is 265 g/mol. The molecule has 0 aliphatic heterocycles. The number of carbonyl (C=O) groups excluding carboxylic acids is 2. The summed E-state index contributed by atoms with van der Waals surface area (Å²) in [6.07, 6.45) is 0. The van der Waals surface area contributed by atoms with E-state index in [1.54, 1.807) is 0 Å². The van der Waals surface area contributed by atoms with E-state index in [1.165, 1.54) is 5.56 Å². The Kier molecular flexibility index (Phi) is 5.81. The van der Waals surface area contributed by atoms with Crippen LogP contribution in [0.1, 0.15) is 12.5 Å². The van der Waals surface area contributed by atoms with Crippen molar-refractivity contribution in [3.05, 3.63) is 29.8 Å². The Morgan fingerprint density at radius 1 is 1.32 bits per heavy atom. The fraction of sp³-hybridized carbons (Fsp3) is 0.385. The van der Waals surface area contributed by atoms with Gasteiger partial charge in [0, 0.05) is 6.04 Å². The lowest BCUT2D eigenvalue weighted by Gasteiger charge is -2.14. The molecule has 1 aromatic carbocycles. The Morgan fingerprint density at radius 2 is 1.95 bits per heavy atom. The van der Waals surface area contributed by atoms with Crippen LogP contribution in [0, 0.1) is 6.92 Å². The van der Waals surface area contributed by atoms with Crippen LogP contribution in [0.15, 0.2) is 24.3 Å². The molecule has 0 fully saturated rings. The fourth-order valence-electron chi connectivity index (χ4n) is 1.36. The first kappa shape index (κ1) is 15.0. The average molecular weight is 265 g/mol. The molecule has 4 N–H and O–H groups in total. The number of carbonyl (C=O) groups is 2. The van der Waals surface area contributed by atoms with Gasteiger partial charge in [0.2, 0.25) is 5.91 Å². The highest BCUT2D eigenvalue weighted by atomic mass is 16.5. The number of nitrogens with two attached hydrogens (primary N) is 1. The third-order valence-corrected chi connectivity index (χ3v) is 2.39. The van der Waals surface area contributed by atoms with Gasteiger partial charge in [-0.05, 0) is 26.0 Å². The Labute approximate surface area is 112 Å². The van der Waals surface area contributed by atoms with Crippen molar-refractivity contribution < 1.29 is 14.3 Å². The minimum atomic E-state index is -0.852. The predicted octanol–water partition coefficient (Wildman–Crippen LogP) is 0.547. The lowest BCUT2D eigenvalue weighted by atomic mass is 10.2. The molecule has 0 spiro atoms. The van der Waals surface area contributed by atoms with Crippen molar-refractivity contribution in [1.29, 1.82) is 0 Å².